The van der Waals surface area contributed by atoms with Gasteiger partial charge in [0.1, 0.15) is 12.7 Å². The molecule has 0 radical (unpaired) electrons. The summed E-state index contributed by atoms with van der Waals surface area (Å²) in [6.07, 6.45) is 3.89. The van der Waals surface area contributed by atoms with Crippen LogP contribution in [-0.2, 0) is 6.42 Å². The van der Waals surface area contributed by atoms with E-state index in [9.17, 15) is 0 Å². The zero-order valence-electron chi connectivity index (χ0n) is 8.30. The van der Waals surface area contributed by atoms with Gasteiger partial charge in [0.05, 0.1) is 0 Å². The first-order valence-electron chi connectivity index (χ1n) is 4.81. The van der Waals surface area contributed by atoms with Crippen molar-refractivity contribution in [1.29, 1.82) is 0 Å². The molecular formula is C11H12N4. The van der Waals surface area contributed by atoms with Crippen LogP contribution in [-0.4, -0.2) is 21.5 Å². The smallest absolute Gasteiger partial charge is 0.162 e. The molecule has 0 atom stereocenters. The lowest BCUT2D eigenvalue weighted by molar-refractivity contribution is 0.968. The first kappa shape index (κ1) is 9.73. The van der Waals surface area contributed by atoms with E-state index in [-0.39, 0.29) is 0 Å². The van der Waals surface area contributed by atoms with Crippen LogP contribution in [0.5, 0.6) is 0 Å². The largest absolute Gasteiger partial charge is 0.330 e. The van der Waals surface area contributed by atoms with Gasteiger partial charge in [-0.25, -0.2) is 15.0 Å². The van der Waals surface area contributed by atoms with Crippen molar-refractivity contribution in [2.24, 2.45) is 5.73 Å². The summed E-state index contributed by atoms with van der Waals surface area (Å²) in [5.41, 5.74) is 7.71. The second-order valence-electron chi connectivity index (χ2n) is 3.20. The van der Waals surface area contributed by atoms with E-state index in [0.29, 0.717) is 12.4 Å². The highest BCUT2D eigenvalue weighted by molar-refractivity contribution is 5.54. The molecule has 15 heavy (non-hydrogen) atoms. The molecule has 1 aromatic heterocycles. The van der Waals surface area contributed by atoms with Crippen LogP contribution in [0.4, 0.5) is 0 Å². The van der Waals surface area contributed by atoms with Crippen molar-refractivity contribution in [2.45, 2.75) is 6.42 Å². The highest BCUT2D eigenvalue weighted by atomic mass is 15.0. The number of hydrogen-bond acceptors (Lipinski definition) is 4. The topological polar surface area (TPSA) is 64.7 Å². The van der Waals surface area contributed by atoms with Gasteiger partial charge in [-0.15, -0.1) is 0 Å². The van der Waals surface area contributed by atoms with Gasteiger partial charge in [-0.1, -0.05) is 24.3 Å². The molecule has 76 valence electrons. The highest BCUT2D eigenvalue weighted by Crippen LogP contribution is 2.14. The lowest BCUT2D eigenvalue weighted by Gasteiger charge is -2.01. The molecule has 0 bridgehead atoms. The molecule has 2 N–H and O–H groups in total. The van der Waals surface area contributed by atoms with Gasteiger partial charge in [0, 0.05) is 5.56 Å². The maximum Gasteiger partial charge on any atom is 0.162 e. The maximum absolute atomic E-state index is 5.48. The van der Waals surface area contributed by atoms with Gasteiger partial charge >= 0.3 is 0 Å². The summed E-state index contributed by atoms with van der Waals surface area (Å²) >= 11 is 0. The Balaban J connectivity index is 2.24. The van der Waals surface area contributed by atoms with Crippen molar-refractivity contribution in [2.75, 3.05) is 6.54 Å². The normalized spacial score (nSPS) is 10.2. The third-order valence-corrected chi connectivity index (χ3v) is 2.14. The van der Waals surface area contributed by atoms with E-state index in [1.165, 1.54) is 18.2 Å². The maximum atomic E-state index is 5.48. The lowest BCUT2D eigenvalue weighted by atomic mass is 10.1. The Morgan fingerprint density at radius 3 is 2.27 bits per heavy atom. The van der Waals surface area contributed by atoms with Crippen LogP contribution < -0.4 is 5.73 Å². The van der Waals surface area contributed by atoms with E-state index in [1.807, 2.05) is 24.3 Å². The summed E-state index contributed by atoms with van der Waals surface area (Å²) in [5, 5.41) is 0. The number of nitrogens with zero attached hydrogens (tertiary/aromatic N) is 3. The van der Waals surface area contributed by atoms with Crippen molar-refractivity contribution in [3.8, 4) is 11.4 Å². The summed E-state index contributed by atoms with van der Waals surface area (Å²) in [6, 6.07) is 8.10. The van der Waals surface area contributed by atoms with Gasteiger partial charge < -0.3 is 5.73 Å². The Labute approximate surface area is 88.2 Å². The van der Waals surface area contributed by atoms with Crippen LogP contribution >= 0.6 is 0 Å². The first-order valence-corrected chi connectivity index (χ1v) is 4.81. The van der Waals surface area contributed by atoms with Gasteiger partial charge in [-0.05, 0) is 18.5 Å². The van der Waals surface area contributed by atoms with Gasteiger partial charge in [0.2, 0.25) is 0 Å². The van der Waals surface area contributed by atoms with Crippen LogP contribution in [0, 0.1) is 0 Å². The van der Waals surface area contributed by atoms with Gasteiger partial charge in [0.15, 0.2) is 5.82 Å². The van der Waals surface area contributed by atoms with Gasteiger partial charge in [-0.3, -0.25) is 0 Å². The molecule has 2 aromatic rings. The number of nitrogens with two attached hydrogens (primary N) is 1. The Morgan fingerprint density at radius 2 is 1.67 bits per heavy atom. The van der Waals surface area contributed by atoms with Crippen molar-refractivity contribution in [3.63, 3.8) is 0 Å². The first-order chi connectivity index (χ1) is 7.40. The van der Waals surface area contributed by atoms with E-state index in [2.05, 4.69) is 15.0 Å². The Hall–Kier alpha value is -1.81. The fourth-order valence-corrected chi connectivity index (χ4v) is 1.38. The molecule has 1 aromatic carbocycles. The molecule has 0 spiro atoms. The van der Waals surface area contributed by atoms with E-state index in [1.54, 1.807) is 0 Å². The zero-order valence-corrected chi connectivity index (χ0v) is 8.30. The quantitative estimate of drug-likeness (QED) is 0.804. The molecule has 0 aliphatic rings. The van der Waals surface area contributed by atoms with Gasteiger partial charge in [0.25, 0.3) is 0 Å². The second-order valence-corrected chi connectivity index (χ2v) is 3.20. The molecule has 0 saturated heterocycles. The zero-order chi connectivity index (χ0) is 10.5. The minimum absolute atomic E-state index is 0.672. The second kappa shape index (κ2) is 4.61. The van der Waals surface area contributed by atoms with E-state index < -0.39 is 0 Å². The van der Waals surface area contributed by atoms with E-state index in [0.717, 1.165) is 12.0 Å². The fraction of sp³-hybridized carbons (Fsp3) is 0.182. The summed E-state index contributed by atoms with van der Waals surface area (Å²) in [4.78, 5) is 11.9. The molecule has 1 heterocycles. The molecule has 0 fully saturated rings. The van der Waals surface area contributed by atoms with Gasteiger partial charge in [-0.2, -0.15) is 0 Å². The molecule has 0 unspecified atom stereocenters. The Morgan fingerprint density at radius 1 is 1.00 bits per heavy atom. The molecule has 0 amide bonds. The minimum atomic E-state index is 0.672. The fourth-order valence-electron chi connectivity index (χ4n) is 1.38. The average molecular weight is 200 g/mol. The SMILES string of the molecule is NCCc1ccc(-c2ncncn2)cc1. The third-order valence-electron chi connectivity index (χ3n) is 2.14. The average Bonchev–Trinajstić information content (AvgIpc) is 2.32. The predicted octanol–water partition coefficient (Wildman–Crippen LogP) is 1.04. The number of hydrogen-bond donors (Lipinski definition) is 1. The number of benzene rings is 1. The summed E-state index contributed by atoms with van der Waals surface area (Å²) in [7, 11) is 0. The monoisotopic (exact) mass is 200 g/mol. The van der Waals surface area contributed by atoms with E-state index in [4.69, 9.17) is 5.73 Å². The Kier molecular flexibility index (Phi) is 2.99. The lowest BCUT2D eigenvalue weighted by Crippen LogP contribution is -2.02. The van der Waals surface area contributed by atoms with E-state index >= 15 is 0 Å². The van der Waals surface area contributed by atoms with Crippen molar-refractivity contribution >= 4 is 0 Å². The molecular weight excluding hydrogens is 188 g/mol. The summed E-state index contributed by atoms with van der Waals surface area (Å²) < 4.78 is 0. The van der Waals surface area contributed by atoms with Crippen molar-refractivity contribution in [3.05, 3.63) is 42.5 Å². The van der Waals surface area contributed by atoms with Crippen molar-refractivity contribution in [1.82, 2.24) is 15.0 Å². The highest BCUT2D eigenvalue weighted by Gasteiger charge is 1.99. The molecule has 4 nitrogen and oxygen atoms in total. The molecule has 0 saturated carbocycles. The third kappa shape index (κ3) is 2.35. The summed E-state index contributed by atoms with van der Waals surface area (Å²) in [5.74, 6) is 0.698. The standard InChI is InChI=1S/C11H12N4/c12-6-5-9-1-3-10(4-2-9)11-14-7-13-8-15-11/h1-4,7-8H,5-6,12H2. The molecule has 2 rings (SSSR count). The number of rotatable bonds is 3. The Bertz CT molecular complexity index is 410. The number of aromatic nitrogens is 3. The molecule has 0 aliphatic carbocycles. The minimum Gasteiger partial charge on any atom is -0.330 e. The molecule has 0 aliphatic heterocycles. The van der Waals surface area contributed by atoms with Crippen molar-refractivity contribution < 1.29 is 0 Å². The van der Waals surface area contributed by atoms with Crippen LogP contribution in [0.25, 0.3) is 11.4 Å². The summed E-state index contributed by atoms with van der Waals surface area (Å²) in [6.45, 7) is 0.672. The molecule has 4 heteroatoms. The van der Waals surface area contributed by atoms with Crippen LogP contribution in [0.15, 0.2) is 36.9 Å². The predicted molar refractivity (Wildman–Crippen MR) is 58.0 cm³/mol. The van der Waals surface area contributed by atoms with Crippen LogP contribution in [0.2, 0.25) is 0 Å². The van der Waals surface area contributed by atoms with Crippen LogP contribution in [0.3, 0.4) is 0 Å². The van der Waals surface area contributed by atoms with Crippen LogP contribution in [0.1, 0.15) is 5.56 Å².